The first-order valence-electron chi connectivity index (χ1n) is 10.9. The zero-order valence-corrected chi connectivity index (χ0v) is 17.7. The lowest BCUT2D eigenvalue weighted by Crippen LogP contribution is -2.44. The number of anilines is 1. The van der Waals surface area contributed by atoms with Crippen molar-refractivity contribution in [2.75, 3.05) is 18.4 Å². The van der Waals surface area contributed by atoms with Crippen LogP contribution in [0, 0.1) is 25.2 Å². The summed E-state index contributed by atoms with van der Waals surface area (Å²) in [6.45, 7) is 4.18. The minimum absolute atomic E-state index is 0.0882. The standard InChI is InChI=1S/C22H33N5O2/c1-15-16(2)27(18-10-4-3-5-11-18)22(19(15)12-23)25-21(29)14-26(13-20(24)28)17-8-6-7-9-17/h17-18H,3-11,13-14H2,1-2H3,(H2,24,28)(H,25,29). The Bertz CT molecular complexity index is 795. The molecule has 0 bridgehead atoms. The molecule has 0 unspecified atom stereocenters. The smallest absolute Gasteiger partial charge is 0.239 e. The van der Waals surface area contributed by atoms with Gasteiger partial charge >= 0.3 is 0 Å². The maximum atomic E-state index is 13.0. The number of amides is 2. The van der Waals surface area contributed by atoms with Gasteiger partial charge in [0.1, 0.15) is 11.9 Å². The Hall–Kier alpha value is -2.33. The van der Waals surface area contributed by atoms with E-state index in [1.165, 1.54) is 19.3 Å². The topological polar surface area (TPSA) is 104 Å². The second-order valence-corrected chi connectivity index (χ2v) is 8.57. The van der Waals surface area contributed by atoms with Crippen molar-refractivity contribution in [2.45, 2.75) is 83.7 Å². The SMILES string of the molecule is Cc1c(C#N)c(NC(=O)CN(CC(N)=O)C2CCCC2)n(C2CCCCC2)c1C. The highest BCUT2D eigenvalue weighted by molar-refractivity contribution is 5.93. The van der Waals surface area contributed by atoms with E-state index in [-0.39, 0.29) is 25.0 Å². The van der Waals surface area contributed by atoms with E-state index in [1.54, 1.807) is 0 Å². The Labute approximate surface area is 173 Å². The molecule has 2 fully saturated rings. The van der Waals surface area contributed by atoms with Gasteiger partial charge in [-0.25, -0.2) is 0 Å². The Balaban J connectivity index is 1.82. The molecule has 1 aromatic heterocycles. The van der Waals surface area contributed by atoms with Crippen LogP contribution in [0.2, 0.25) is 0 Å². The molecule has 7 nitrogen and oxygen atoms in total. The number of carbonyl (C=O) groups excluding carboxylic acids is 2. The Kier molecular flexibility index (Phi) is 6.96. The highest BCUT2D eigenvalue weighted by Crippen LogP contribution is 2.36. The first-order valence-corrected chi connectivity index (χ1v) is 10.9. The number of nitrogens with two attached hydrogens (primary N) is 1. The number of hydrogen-bond acceptors (Lipinski definition) is 4. The second kappa shape index (κ2) is 9.45. The third kappa shape index (κ3) is 4.81. The molecule has 0 spiro atoms. The average molecular weight is 400 g/mol. The summed E-state index contributed by atoms with van der Waals surface area (Å²) in [5, 5.41) is 12.8. The van der Waals surface area contributed by atoms with E-state index in [1.807, 2.05) is 18.7 Å². The number of nitrogens with zero attached hydrogens (tertiary/aromatic N) is 3. The maximum Gasteiger partial charge on any atom is 0.239 e. The van der Waals surface area contributed by atoms with Crippen LogP contribution >= 0.6 is 0 Å². The summed E-state index contributed by atoms with van der Waals surface area (Å²) >= 11 is 0. The average Bonchev–Trinajstić information content (AvgIpc) is 3.30. The van der Waals surface area contributed by atoms with Gasteiger partial charge in [0.2, 0.25) is 11.8 Å². The Morgan fingerprint density at radius 1 is 1.10 bits per heavy atom. The van der Waals surface area contributed by atoms with E-state index in [0.717, 1.165) is 49.8 Å². The molecular formula is C22H33N5O2. The van der Waals surface area contributed by atoms with Crippen molar-refractivity contribution in [2.24, 2.45) is 5.73 Å². The van der Waals surface area contributed by atoms with Crippen LogP contribution in [0.4, 0.5) is 5.82 Å². The molecule has 2 saturated carbocycles. The third-order valence-electron chi connectivity index (χ3n) is 6.61. The minimum Gasteiger partial charge on any atom is -0.369 e. The molecule has 1 aromatic rings. The molecule has 0 radical (unpaired) electrons. The van der Waals surface area contributed by atoms with Crippen molar-refractivity contribution < 1.29 is 9.59 Å². The summed E-state index contributed by atoms with van der Waals surface area (Å²) in [5.41, 5.74) is 7.94. The molecule has 3 rings (SSSR count). The van der Waals surface area contributed by atoms with E-state index in [9.17, 15) is 14.9 Å². The van der Waals surface area contributed by atoms with Crippen molar-refractivity contribution in [3.63, 3.8) is 0 Å². The number of rotatable bonds is 7. The van der Waals surface area contributed by atoms with Crippen LogP contribution < -0.4 is 11.1 Å². The predicted molar refractivity (Wildman–Crippen MR) is 112 cm³/mol. The van der Waals surface area contributed by atoms with E-state index in [4.69, 9.17) is 5.73 Å². The number of nitriles is 1. The van der Waals surface area contributed by atoms with Crippen LogP contribution in [0.5, 0.6) is 0 Å². The van der Waals surface area contributed by atoms with Gasteiger partial charge in [0, 0.05) is 17.8 Å². The maximum absolute atomic E-state index is 13.0. The Morgan fingerprint density at radius 3 is 2.31 bits per heavy atom. The fraction of sp³-hybridized carbons (Fsp3) is 0.682. The lowest BCUT2D eigenvalue weighted by atomic mass is 9.95. The van der Waals surface area contributed by atoms with Gasteiger partial charge in [-0.3, -0.25) is 14.5 Å². The van der Waals surface area contributed by atoms with Crippen molar-refractivity contribution in [3.8, 4) is 6.07 Å². The predicted octanol–water partition coefficient (Wildman–Crippen LogP) is 3.15. The fourth-order valence-electron chi connectivity index (χ4n) is 5.02. The number of carbonyl (C=O) groups is 2. The van der Waals surface area contributed by atoms with Gasteiger partial charge in [-0.05, 0) is 45.1 Å². The van der Waals surface area contributed by atoms with E-state index >= 15 is 0 Å². The molecule has 0 saturated heterocycles. The molecule has 0 aliphatic heterocycles. The molecule has 2 aliphatic carbocycles. The van der Waals surface area contributed by atoms with Gasteiger partial charge in [-0.15, -0.1) is 0 Å². The van der Waals surface area contributed by atoms with Gasteiger partial charge in [0.05, 0.1) is 18.7 Å². The summed E-state index contributed by atoms with van der Waals surface area (Å²) in [7, 11) is 0. The first-order chi connectivity index (χ1) is 13.9. The zero-order chi connectivity index (χ0) is 21.0. The second-order valence-electron chi connectivity index (χ2n) is 8.57. The lowest BCUT2D eigenvalue weighted by molar-refractivity contribution is -0.122. The van der Waals surface area contributed by atoms with Gasteiger partial charge < -0.3 is 15.6 Å². The van der Waals surface area contributed by atoms with Gasteiger partial charge in [0.25, 0.3) is 0 Å². The van der Waals surface area contributed by atoms with Crippen molar-refractivity contribution in [3.05, 3.63) is 16.8 Å². The highest BCUT2D eigenvalue weighted by Gasteiger charge is 2.28. The van der Waals surface area contributed by atoms with Gasteiger partial charge in [-0.2, -0.15) is 5.26 Å². The van der Waals surface area contributed by atoms with Gasteiger partial charge in [-0.1, -0.05) is 32.1 Å². The first kappa shape index (κ1) is 21.4. The van der Waals surface area contributed by atoms with Crippen LogP contribution in [0.25, 0.3) is 0 Å². The fourth-order valence-corrected chi connectivity index (χ4v) is 5.02. The molecule has 29 heavy (non-hydrogen) atoms. The van der Waals surface area contributed by atoms with Crippen LogP contribution in [-0.4, -0.2) is 40.4 Å². The molecule has 2 amide bonds. The van der Waals surface area contributed by atoms with Crippen LogP contribution in [-0.2, 0) is 9.59 Å². The van der Waals surface area contributed by atoms with Crippen molar-refractivity contribution in [1.82, 2.24) is 9.47 Å². The monoisotopic (exact) mass is 399 g/mol. The Morgan fingerprint density at radius 2 is 1.72 bits per heavy atom. The molecule has 158 valence electrons. The van der Waals surface area contributed by atoms with Crippen molar-refractivity contribution in [1.29, 1.82) is 5.26 Å². The molecule has 1 heterocycles. The number of aromatic nitrogens is 1. The summed E-state index contributed by atoms with van der Waals surface area (Å²) in [4.78, 5) is 26.4. The van der Waals surface area contributed by atoms with E-state index < -0.39 is 5.91 Å². The largest absolute Gasteiger partial charge is 0.369 e. The van der Waals surface area contributed by atoms with Gasteiger partial charge in [0.15, 0.2) is 0 Å². The van der Waals surface area contributed by atoms with E-state index in [2.05, 4.69) is 16.0 Å². The molecule has 2 aliphatic rings. The van der Waals surface area contributed by atoms with Crippen LogP contribution in [0.3, 0.4) is 0 Å². The molecule has 7 heteroatoms. The van der Waals surface area contributed by atoms with E-state index in [0.29, 0.717) is 17.4 Å². The summed E-state index contributed by atoms with van der Waals surface area (Å²) in [6, 6.07) is 2.82. The quantitative estimate of drug-likeness (QED) is 0.735. The third-order valence-corrected chi connectivity index (χ3v) is 6.61. The van der Waals surface area contributed by atoms with Crippen LogP contribution in [0.15, 0.2) is 0 Å². The number of primary amides is 1. The zero-order valence-electron chi connectivity index (χ0n) is 17.7. The van der Waals surface area contributed by atoms with Crippen LogP contribution in [0.1, 0.15) is 80.7 Å². The number of hydrogen-bond donors (Lipinski definition) is 2. The highest BCUT2D eigenvalue weighted by atomic mass is 16.2. The molecule has 0 atom stereocenters. The normalized spacial score (nSPS) is 18.1. The summed E-state index contributed by atoms with van der Waals surface area (Å²) < 4.78 is 2.17. The lowest BCUT2D eigenvalue weighted by Gasteiger charge is -2.29. The van der Waals surface area contributed by atoms with Crippen molar-refractivity contribution >= 4 is 17.6 Å². The summed E-state index contributed by atoms with van der Waals surface area (Å²) in [5.74, 6) is 0.00809. The summed E-state index contributed by atoms with van der Waals surface area (Å²) in [6.07, 6.45) is 9.92. The molecule has 0 aromatic carbocycles. The molecule has 3 N–H and O–H groups in total. The number of nitrogens with one attached hydrogen (secondary N) is 1. The molecular weight excluding hydrogens is 366 g/mol. The minimum atomic E-state index is -0.417.